The number of amides is 1. The number of rotatable bonds is 5. The van der Waals surface area contributed by atoms with Crippen molar-refractivity contribution >= 4 is 11.9 Å². The molecule has 1 amide bonds. The van der Waals surface area contributed by atoms with Crippen molar-refractivity contribution in [3.63, 3.8) is 0 Å². The van der Waals surface area contributed by atoms with E-state index < -0.39 is 11.9 Å². The maximum absolute atomic E-state index is 10.9. The minimum atomic E-state index is -0.556. The van der Waals surface area contributed by atoms with E-state index in [9.17, 15) is 9.59 Å². The highest BCUT2D eigenvalue weighted by Gasteiger charge is 2.01. The van der Waals surface area contributed by atoms with Gasteiger partial charge < -0.3 is 15.2 Å². The van der Waals surface area contributed by atoms with E-state index in [4.69, 9.17) is 9.84 Å². The van der Waals surface area contributed by atoms with E-state index in [-0.39, 0.29) is 19.3 Å². The molecule has 0 aromatic rings. The smallest absolute Gasteiger partial charge is 0.331 e. The second-order valence-corrected chi connectivity index (χ2v) is 2.83. The van der Waals surface area contributed by atoms with Gasteiger partial charge in [-0.15, -0.1) is 0 Å². The second kappa shape index (κ2) is 7.08. The Bertz CT molecular complexity index is 223. The first-order valence-corrected chi connectivity index (χ1v) is 4.33. The van der Waals surface area contributed by atoms with Crippen LogP contribution in [0.2, 0.25) is 0 Å². The van der Waals surface area contributed by atoms with Crippen LogP contribution in [0.5, 0.6) is 0 Å². The molecule has 0 unspecified atom stereocenters. The monoisotopic (exact) mass is 201 g/mol. The second-order valence-electron chi connectivity index (χ2n) is 2.83. The van der Waals surface area contributed by atoms with E-state index in [0.717, 1.165) is 12.2 Å². The van der Waals surface area contributed by atoms with Crippen LogP contribution in [0.4, 0.5) is 0 Å². The lowest BCUT2D eigenvalue weighted by Gasteiger charge is -2.03. The number of hydrogen-bond donors (Lipinski definition) is 2. The summed E-state index contributed by atoms with van der Waals surface area (Å²) in [5.41, 5.74) is 0. The fourth-order valence-electron chi connectivity index (χ4n) is 0.653. The van der Waals surface area contributed by atoms with Crippen molar-refractivity contribution in [3.8, 4) is 0 Å². The van der Waals surface area contributed by atoms with Gasteiger partial charge in [0.05, 0.1) is 12.7 Å². The summed E-state index contributed by atoms with van der Waals surface area (Å²) in [6.07, 6.45) is 1.92. The largest absolute Gasteiger partial charge is 0.460 e. The number of nitrogens with one attached hydrogen (secondary N) is 1. The van der Waals surface area contributed by atoms with Gasteiger partial charge in [0.1, 0.15) is 0 Å². The molecular formula is C9H15NO4. The van der Waals surface area contributed by atoms with Gasteiger partial charge in [0.2, 0.25) is 5.91 Å². The van der Waals surface area contributed by atoms with Crippen LogP contribution >= 0.6 is 0 Å². The highest BCUT2D eigenvalue weighted by Crippen LogP contribution is 1.89. The average Bonchev–Trinajstić information content (AvgIpc) is 2.10. The van der Waals surface area contributed by atoms with E-state index in [0.29, 0.717) is 0 Å². The molecule has 0 radical (unpaired) electrons. The predicted octanol–water partition coefficient (Wildman–Crippen LogP) is -0.397. The number of ether oxygens (including phenoxy) is 1. The van der Waals surface area contributed by atoms with E-state index in [2.05, 4.69) is 5.32 Å². The molecule has 2 N–H and O–H groups in total. The first-order chi connectivity index (χ1) is 6.56. The van der Waals surface area contributed by atoms with E-state index in [1.54, 1.807) is 13.8 Å². The quantitative estimate of drug-likeness (QED) is 0.469. The molecule has 0 heterocycles. The van der Waals surface area contributed by atoms with Gasteiger partial charge >= 0.3 is 5.97 Å². The average molecular weight is 201 g/mol. The van der Waals surface area contributed by atoms with Gasteiger partial charge in [0.25, 0.3) is 0 Å². The number of esters is 1. The summed E-state index contributed by atoms with van der Waals surface area (Å²) >= 11 is 0. The molecule has 0 saturated heterocycles. The Morgan fingerprint density at radius 1 is 1.43 bits per heavy atom. The van der Waals surface area contributed by atoms with Gasteiger partial charge in [0, 0.05) is 18.7 Å². The highest BCUT2D eigenvalue weighted by atomic mass is 16.5. The Morgan fingerprint density at radius 2 is 2.07 bits per heavy atom. The molecule has 0 rings (SSSR count). The van der Waals surface area contributed by atoms with Crippen LogP contribution in [0.15, 0.2) is 12.2 Å². The maximum Gasteiger partial charge on any atom is 0.331 e. The number of carbonyl (C=O) groups is 2. The normalized spacial score (nSPS) is 10.6. The Hall–Kier alpha value is -1.36. The van der Waals surface area contributed by atoms with E-state index in [1.807, 2.05) is 0 Å². The van der Waals surface area contributed by atoms with Crippen molar-refractivity contribution in [3.05, 3.63) is 12.2 Å². The number of carbonyl (C=O) groups excluding carboxylic acids is 2. The molecule has 5 heteroatoms. The lowest BCUT2D eigenvalue weighted by molar-refractivity contribution is -0.141. The lowest BCUT2D eigenvalue weighted by atomic mass is 10.4. The number of aliphatic hydroxyl groups is 1. The van der Waals surface area contributed by atoms with Gasteiger partial charge in [-0.2, -0.15) is 0 Å². The minimum absolute atomic E-state index is 0.129. The van der Waals surface area contributed by atoms with Gasteiger partial charge in [0.15, 0.2) is 0 Å². The van der Waals surface area contributed by atoms with Crippen LogP contribution in [-0.4, -0.2) is 36.2 Å². The van der Waals surface area contributed by atoms with Gasteiger partial charge in [-0.05, 0) is 13.8 Å². The third-order valence-corrected chi connectivity index (χ3v) is 1.13. The van der Waals surface area contributed by atoms with Crippen LogP contribution in [-0.2, 0) is 14.3 Å². The predicted molar refractivity (Wildman–Crippen MR) is 50.5 cm³/mol. The highest BCUT2D eigenvalue weighted by molar-refractivity contribution is 5.94. The summed E-state index contributed by atoms with van der Waals surface area (Å²) in [5.74, 6) is -0.987. The zero-order valence-corrected chi connectivity index (χ0v) is 8.32. The summed E-state index contributed by atoms with van der Waals surface area (Å²) in [6, 6.07) is 0. The SMILES string of the molecule is CC(C)OC(=O)/C=C\C(=O)NCCO. The molecule has 14 heavy (non-hydrogen) atoms. The van der Waals surface area contributed by atoms with Crippen molar-refractivity contribution in [1.29, 1.82) is 0 Å². The zero-order chi connectivity index (χ0) is 11.0. The Morgan fingerprint density at radius 3 is 2.57 bits per heavy atom. The van der Waals surface area contributed by atoms with Crippen molar-refractivity contribution in [2.24, 2.45) is 0 Å². The number of aliphatic hydroxyl groups excluding tert-OH is 1. The Labute approximate surface area is 82.7 Å². The molecule has 0 aliphatic rings. The molecule has 0 saturated carbocycles. The topological polar surface area (TPSA) is 75.6 Å². The van der Waals surface area contributed by atoms with Crippen molar-refractivity contribution < 1.29 is 19.4 Å². The van der Waals surface area contributed by atoms with Crippen LogP contribution in [0.25, 0.3) is 0 Å². The molecule has 80 valence electrons. The van der Waals surface area contributed by atoms with Gasteiger partial charge in [-0.1, -0.05) is 0 Å². The molecule has 0 fully saturated rings. The van der Waals surface area contributed by atoms with Crippen LogP contribution in [0.1, 0.15) is 13.8 Å². The molecular weight excluding hydrogens is 186 g/mol. The summed E-state index contributed by atoms with van der Waals surface area (Å²) in [7, 11) is 0. The first kappa shape index (κ1) is 12.6. The fraction of sp³-hybridized carbons (Fsp3) is 0.556. The molecule has 0 spiro atoms. The summed E-state index contributed by atoms with van der Waals surface area (Å²) in [4.78, 5) is 21.8. The Balaban J connectivity index is 3.79. The Kier molecular flexibility index (Phi) is 6.39. The third kappa shape index (κ3) is 7.30. The summed E-state index contributed by atoms with van der Waals surface area (Å²) < 4.78 is 4.75. The first-order valence-electron chi connectivity index (χ1n) is 4.33. The van der Waals surface area contributed by atoms with Crippen molar-refractivity contribution in [2.45, 2.75) is 20.0 Å². The van der Waals surface area contributed by atoms with Crippen LogP contribution in [0, 0.1) is 0 Å². The molecule has 5 nitrogen and oxygen atoms in total. The maximum atomic E-state index is 10.9. The molecule has 0 aromatic carbocycles. The van der Waals surface area contributed by atoms with E-state index >= 15 is 0 Å². The number of hydrogen-bond acceptors (Lipinski definition) is 4. The van der Waals surface area contributed by atoms with E-state index in [1.165, 1.54) is 0 Å². The lowest BCUT2D eigenvalue weighted by Crippen LogP contribution is -2.24. The third-order valence-electron chi connectivity index (χ3n) is 1.13. The van der Waals surface area contributed by atoms with Crippen molar-refractivity contribution in [1.82, 2.24) is 5.32 Å². The van der Waals surface area contributed by atoms with Gasteiger partial charge in [-0.3, -0.25) is 4.79 Å². The van der Waals surface area contributed by atoms with Crippen LogP contribution < -0.4 is 5.32 Å². The summed E-state index contributed by atoms with van der Waals surface area (Å²) in [6.45, 7) is 3.48. The van der Waals surface area contributed by atoms with Crippen LogP contribution in [0.3, 0.4) is 0 Å². The fourth-order valence-corrected chi connectivity index (χ4v) is 0.653. The van der Waals surface area contributed by atoms with Crippen molar-refractivity contribution in [2.75, 3.05) is 13.2 Å². The van der Waals surface area contributed by atoms with Gasteiger partial charge in [-0.25, -0.2) is 4.79 Å². The summed E-state index contributed by atoms with van der Waals surface area (Å²) in [5, 5.41) is 10.7. The zero-order valence-electron chi connectivity index (χ0n) is 8.32. The molecule has 0 aliphatic heterocycles. The molecule has 0 aliphatic carbocycles. The minimum Gasteiger partial charge on any atom is -0.460 e. The standard InChI is InChI=1S/C9H15NO4/c1-7(2)14-9(13)4-3-8(12)10-5-6-11/h3-4,7,11H,5-6H2,1-2H3,(H,10,12)/b4-3-. The molecule has 0 aromatic heterocycles. The molecule has 0 bridgehead atoms. The molecule has 0 atom stereocenters.